The molecule has 0 saturated heterocycles. The van der Waals surface area contributed by atoms with Gasteiger partial charge in [0.15, 0.2) is 36.5 Å². The Kier molecular flexibility index (Phi) is 24.1. The Balaban J connectivity index is 2.94. The average Bonchev–Trinajstić information content (AvgIpc) is 3.27. The van der Waals surface area contributed by atoms with Crippen molar-refractivity contribution in [1.82, 2.24) is 5.06 Å². The van der Waals surface area contributed by atoms with Crippen LogP contribution in [0.25, 0.3) is 0 Å². The van der Waals surface area contributed by atoms with E-state index < -0.39 is 49.2 Å². The molecule has 1 amide bonds. The van der Waals surface area contributed by atoms with Gasteiger partial charge in [-0.1, -0.05) is 119 Å². The highest BCUT2D eigenvalue weighted by atomic mass is 28.4. The van der Waals surface area contributed by atoms with Crippen LogP contribution in [0, 0.1) is 11.8 Å². The predicted octanol–water partition coefficient (Wildman–Crippen LogP) is 14.1. The Morgan fingerprint density at radius 1 is 0.671 bits per heavy atom. The van der Waals surface area contributed by atoms with Gasteiger partial charge in [0.25, 0.3) is 5.91 Å². The first-order valence-electron chi connectivity index (χ1n) is 25.1. The van der Waals surface area contributed by atoms with Crippen LogP contribution in [0.1, 0.15) is 107 Å². The van der Waals surface area contributed by atoms with E-state index in [0.29, 0.717) is 37.6 Å². The minimum Gasteiger partial charge on any atom is -0.497 e. The lowest BCUT2D eigenvalue weighted by Gasteiger charge is -2.43. The van der Waals surface area contributed by atoms with Gasteiger partial charge in [-0.2, -0.15) is 0 Å². The summed E-state index contributed by atoms with van der Waals surface area (Å²) in [6.07, 6.45) is 7.57. The highest BCUT2D eigenvalue weighted by Crippen LogP contribution is 2.42. The molecule has 11 nitrogen and oxygen atoms in total. The largest absolute Gasteiger partial charge is 0.497 e. The highest BCUT2D eigenvalue weighted by molar-refractivity contribution is 6.75. The molecular formula is C56H97NO10Si3. The first-order chi connectivity index (χ1) is 32.2. The van der Waals surface area contributed by atoms with Gasteiger partial charge in [-0.3, -0.25) is 9.63 Å². The minimum atomic E-state index is -2.46. The number of hydrogen-bond acceptors (Lipinski definition) is 10. The smallest absolute Gasteiger partial charge is 0.251 e. The van der Waals surface area contributed by atoms with Crippen LogP contribution >= 0.6 is 0 Å². The van der Waals surface area contributed by atoms with Crippen LogP contribution < -0.4 is 14.2 Å². The SMILES string of the molecule is C=CC[C@@H](C[C@@H](OCc1ccc(OC)c(OC)c1)[C@H](/C=C(\C)[C@H](O[Si](C)(C)C(C)(C)C)[C@@H](C)/C=C/[C@H](O[Si](C)(C)C(C)(C)C)[C@@H](C)C(=O)N(C)OC)O[Si](C)(C)C(C)(C)C)OCc1ccc(OC)cc1. The molecule has 2 aromatic rings. The molecule has 0 heterocycles. The first-order valence-corrected chi connectivity index (χ1v) is 33.8. The third-order valence-electron chi connectivity index (χ3n) is 15.0. The van der Waals surface area contributed by atoms with E-state index in [1.54, 1.807) is 28.4 Å². The molecule has 0 unspecified atom stereocenters. The van der Waals surface area contributed by atoms with Crippen LogP contribution in [-0.4, -0.2) is 102 Å². The molecule has 14 heteroatoms. The molecule has 0 aliphatic carbocycles. The quantitative estimate of drug-likeness (QED) is 0.0465. The second-order valence-corrected chi connectivity index (χ2v) is 37.8. The van der Waals surface area contributed by atoms with Crippen LogP contribution in [0.4, 0.5) is 0 Å². The summed E-state index contributed by atoms with van der Waals surface area (Å²) in [7, 11) is 0.910. The number of hydrogen-bond donors (Lipinski definition) is 0. The lowest BCUT2D eigenvalue weighted by molar-refractivity contribution is -0.175. The zero-order valence-electron chi connectivity index (χ0n) is 48.0. The number of amides is 1. The van der Waals surface area contributed by atoms with E-state index >= 15 is 0 Å². The molecule has 0 aromatic heterocycles. The van der Waals surface area contributed by atoms with Crippen LogP contribution in [0.15, 0.2) is 78.9 Å². The number of benzene rings is 2. The van der Waals surface area contributed by atoms with Crippen molar-refractivity contribution in [1.29, 1.82) is 0 Å². The van der Waals surface area contributed by atoms with Crippen LogP contribution in [-0.2, 0) is 45.6 Å². The zero-order valence-corrected chi connectivity index (χ0v) is 51.0. The van der Waals surface area contributed by atoms with E-state index in [2.05, 4.69) is 140 Å². The summed E-state index contributed by atoms with van der Waals surface area (Å²) in [6, 6.07) is 13.8. The lowest BCUT2D eigenvalue weighted by Crippen LogP contribution is -2.48. The summed E-state index contributed by atoms with van der Waals surface area (Å²) in [5.74, 6) is 1.30. The first kappa shape index (κ1) is 63.1. The fraction of sp³-hybridized carbons (Fsp3) is 0.661. The van der Waals surface area contributed by atoms with Gasteiger partial charge in [-0.15, -0.1) is 6.58 Å². The summed E-state index contributed by atoms with van der Waals surface area (Å²) in [4.78, 5) is 19.0. The Labute approximate surface area is 429 Å². The van der Waals surface area contributed by atoms with Crippen LogP contribution in [0.3, 0.4) is 0 Å². The third-order valence-corrected chi connectivity index (χ3v) is 28.4. The number of nitrogens with zero attached hydrogens (tertiary/aromatic N) is 1. The van der Waals surface area contributed by atoms with Crippen LogP contribution in [0.2, 0.25) is 54.4 Å². The molecule has 0 aliphatic heterocycles. The summed E-state index contributed by atoms with van der Waals surface area (Å²) < 4.78 is 52.6. The molecule has 398 valence electrons. The van der Waals surface area contributed by atoms with E-state index in [4.69, 9.17) is 41.8 Å². The molecule has 0 aliphatic rings. The monoisotopic (exact) mass is 1030 g/mol. The second kappa shape index (κ2) is 26.8. The zero-order chi connectivity index (χ0) is 53.6. The summed E-state index contributed by atoms with van der Waals surface area (Å²) >= 11 is 0. The topological polar surface area (TPSA) is 103 Å². The Bertz CT molecular complexity index is 1980. The van der Waals surface area contributed by atoms with Gasteiger partial charge in [0.05, 0.1) is 78.1 Å². The van der Waals surface area contributed by atoms with Gasteiger partial charge in [-0.05, 0) is 109 Å². The van der Waals surface area contributed by atoms with Gasteiger partial charge in [-0.25, -0.2) is 5.06 Å². The summed E-state index contributed by atoms with van der Waals surface area (Å²) in [6.45, 7) is 45.0. The number of carbonyl (C=O) groups is 1. The predicted molar refractivity (Wildman–Crippen MR) is 296 cm³/mol. The molecule has 0 saturated carbocycles. The van der Waals surface area contributed by atoms with Gasteiger partial charge < -0.3 is 37.0 Å². The Morgan fingerprint density at radius 3 is 1.66 bits per heavy atom. The van der Waals surface area contributed by atoms with E-state index in [1.165, 1.54) is 12.2 Å². The van der Waals surface area contributed by atoms with E-state index in [9.17, 15) is 4.79 Å². The van der Waals surface area contributed by atoms with Gasteiger partial charge in [0, 0.05) is 19.4 Å². The average molecular weight is 1030 g/mol. The molecule has 2 aromatic carbocycles. The molecule has 0 bridgehead atoms. The molecule has 0 radical (unpaired) electrons. The van der Waals surface area contributed by atoms with Crippen LogP contribution in [0.5, 0.6) is 17.2 Å². The molecular weight excluding hydrogens is 931 g/mol. The number of methoxy groups -OCH3 is 3. The van der Waals surface area contributed by atoms with E-state index in [0.717, 1.165) is 22.4 Å². The molecule has 0 fully saturated rings. The number of rotatable bonds is 28. The highest BCUT2D eigenvalue weighted by Gasteiger charge is 2.44. The maximum absolute atomic E-state index is 13.7. The van der Waals surface area contributed by atoms with E-state index in [-0.39, 0.29) is 39.1 Å². The van der Waals surface area contributed by atoms with Crippen molar-refractivity contribution in [2.75, 3.05) is 35.5 Å². The fourth-order valence-electron chi connectivity index (χ4n) is 7.01. The third kappa shape index (κ3) is 18.5. The van der Waals surface area contributed by atoms with E-state index in [1.807, 2.05) is 55.5 Å². The normalized spacial score (nSPS) is 16.5. The number of ether oxygens (including phenoxy) is 5. The van der Waals surface area contributed by atoms with Crippen molar-refractivity contribution in [3.05, 3.63) is 90.0 Å². The van der Waals surface area contributed by atoms with Crippen molar-refractivity contribution in [2.45, 2.75) is 194 Å². The summed E-state index contributed by atoms with van der Waals surface area (Å²) in [5.41, 5.74) is 3.01. The maximum atomic E-state index is 13.7. The van der Waals surface area contributed by atoms with Crippen molar-refractivity contribution in [3.63, 3.8) is 0 Å². The van der Waals surface area contributed by atoms with Crippen molar-refractivity contribution in [2.24, 2.45) is 11.8 Å². The van der Waals surface area contributed by atoms with Gasteiger partial charge in [0.1, 0.15) is 5.75 Å². The van der Waals surface area contributed by atoms with Crippen molar-refractivity contribution >= 4 is 30.9 Å². The molecule has 0 spiro atoms. The second-order valence-electron chi connectivity index (χ2n) is 23.5. The molecule has 70 heavy (non-hydrogen) atoms. The molecule has 2 rings (SSSR count). The van der Waals surface area contributed by atoms with Crippen molar-refractivity contribution < 1.29 is 46.6 Å². The van der Waals surface area contributed by atoms with Gasteiger partial charge in [0.2, 0.25) is 0 Å². The fourth-order valence-corrected chi connectivity index (χ4v) is 11.0. The summed E-state index contributed by atoms with van der Waals surface area (Å²) in [5, 5.41) is 1.03. The standard InChI is InChI=1S/C56H97NO10Si3/c1-25-26-46(63-38-43-28-31-45(59-15)32-29-43)37-50(64-39-44-30-34-48(60-16)49(36-44)61-17)51(66-69(21,22)55(8,9)10)35-41(3)52(67-70(23,24)56(11,12)13)40(2)27-33-47(42(4)53(58)57(14)62-18)65-68(19,20)54(5,6)7/h25,27-36,40,42,46-47,50-52H,1,26,37-39H2,2-24H3/b33-27+,41-35+/t40-,42+,46-,47-,50+,51-,52+/m0/s1. The maximum Gasteiger partial charge on any atom is 0.251 e. The molecule has 0 N–H and O–H groups in total. The lowest BCUT2D eigenvalue weighted by atomic mass is 9.93. The Morgan fingerprint density at radius 2 is 1.17 bits per heavy atom. The number of carbonyl (C=O) groups excluding carboxylic acids is 1. The minimum absolute atomic E-state index is 0.0729. The molecule has 7 atom stereocenters. The Hall–Kier alpha value is -3.06. The number of hydroxylamine groups is 2. The van der Waals surface area contributed by atoms with Crippen molar-refractivity contribution in [3.8, 4) is 17.2 Å². The van der Waals surface area contributed by atoms with Gasteiger partial charge >= 0.3 is 0 Å².